The summed E-state index contributed by atoms with van der Waals surface area (Å²) >= 11 is 3.30. The summed E-state index contributed by atoms with van der Waals surface area (Å²) in [6, 6.07) is 5.24. The van der Waals surface area contributed by atoms with E-state index in [9.17, 15) is 8.42 Å². The second-order valence-electron chi connectivity index (χ2n) is 4.42. The predicted molar refractivity (Wildman–Crippen MR) is 73.0 cm³/mol. The van der Waals surface area contributed by atoms with Gasteiger partial charge in [-0.25, -0.2) is 13.1 Å². The van der Waals surface area contributed by atoms with Crippen molar-refractivity contribution in [1.29, 1.82) is 0 Å². The fourth-order valence-corrected chi connectivity index (χ4v) is 4.05. The number of hydrogen-bond acceptors (Lipinski definition) is 3. The molecule has 0 unspecified atom stereocenters. The lowest BCUT2D eigenvalue weighted by atomic mass is 10.1. The first kappa shape index (κ1) is 14.0. The van der Waals surface area contributed by atoms with Crippen LogP contribution in [0.4, 0.5) is 0 Å². The monoisotopic (exact) mass is 333 g/mol. The molecular weight excluding hydrogens is 318 g/mol. The molecule has 1 N–H and O–H groups in total. The third-order valence-corrected chi connectivity index (χ3v) is 5.14. The van der Waals surface area contributed by atoms with E-state index < -0.39 is 10.0 Å². The summed E-state index contributed by atoms with van der Waals surface area (Å²) in [5.74, 6) is 0. The normalized spacial score (nSPS) is 17.9. The van der Waals surface area contributed by atoms with Gasteiger partial charge in [-0.15, -0.1) is 0 Å². The van der Waals surface area contributed by atoms with E-state index in [1.807, 2.05) is 6.07 Å². The van der Waals surface area contributed by atoms with Gasteiger partial charge in [0.25, 0.3) is 0 Å². The molecule has 100 valence electrons. The van der Waals surface area contributed by atoms with E-state index >= 15 is 0 Å². The Kier molecular flexibility index (Phi) is 4.42. The van der Waals surface area contributed by atoms with E-state index in [0.717, 1.165) is 22.9 Å². The van der Waals surface area contributed by atoms with Crippen LogP contribution < -0.4 is 4.72 Å². The van der Waals surface area contributed by atoms with E-state index in [1.54, 1.807) is 19.1 Å². The van der Waals surface area contributed by atoms with Crippen molar-refractivity contribution in [2.24, 2.45) is 0 Å². The lowest BCUT2D eigenvalue weighted by molar-refractivity contribution is 0.0832. The smallest absolute Gasteiger partial charge is 0.241 e. The minimum atomic E-state index is -3.45. The second-order valence-corrected chi connectivity index (χ2v) is 7.02. The fraction of sp³-hybridized carbons (Fsp3) is 0.500. The predicted octanol–water partition coefficient (Wildman–Crippen LogP) is 2.21. The molecular formula is C12H16BrNO3S. The molecule has 0 aromatic heterocycles. The Labute approximate surface area is 116 Å². The topological polar surface area (TPSA) is 55.4 Å². The van der Waals surface area contributed by atoms with Crippen LogP contribution in [0.5, 0.6) is 0 Å². The molecule has 1 aliphatic heterocycles. The molecule has 1 heterocycles. The maximum atomic E-state index is 12.3. The molecule has 1 aliphatic rings. The van der Waals surface area contributed by atoms with Crippen LogP contribution in [-0.4, -0.2) is 27.7 Å². The highest BCUT2D eigenvalue weighted by Crippen LogP contribution is 2.21. The van der Waals surface area contributed by atoms with Gasteiger partial charge in [0.1, 0.15) is 0 Å². The summed E-state index contributed by atoms with van der Waals surface area (Å²) < 4.78 is 33.3. The Bertz CT molecular complexity index is 524. The Balaban J connectivity index is 2.21. The summed E-state index contributed by atoms with van der Waals surface area (Å²) in [6.07, 6.45) is 1.46. The quantitative estimate of drug-likeness (QED) is 0.922. The van der Waals surface area contributed by atoms with Crippen molar-refractivity contribution in [3.05, 3.63) is 28.2 Å². The maximum Gasteiger partial charge on any atom is 0.241 e. The van der Waals surface area contributed by atoms with Crippen LogP contribution in [-0.2, 0) is 14.8 Å². The minimum Gasteiger partial charge on any atom is -0.381 e. The van der Waals surface area contributed by atoms with E-state index in [0.29, 0.717) is 18.1 Å². The van der Waals surface area contributed by atoms with Crippen LogP contribution in [0.3, 0.4) is 0 Å². The number of hydrogen-bond donors (Lipinski definition) is 1. The molecule has 0 aliphatic carbocycles. The Morgan fingerprint density at radius 2 is 2.00 bits per heavy atom. The molecule has 0 amide bonds. The van der Waals surface area contributed by atoms with E-state index in [4.69, 9.17) is 4.74 Å². The van der Waals surface area contributed by atoms with Gasteiger partial charge in [-0.05, 0) is 37.5 Å². The van der Waals surface area contributed by atoms with Crippen molar-refractivity contribution in [1.82, 2.24) is 4.72 Å². The van der Waals surface area contributed by atoms with Gasteiger partial charge < -0.3 is 4.74 Å². The van der Waals surface area contributed by atoms with Gasteiger partial charge >= 0.3 is 0 Å². The molecule has 0 saturated carbocycles. The zero-order chi connectivity index (χ0) is 13.2. The zero-order valence-corrected chi connectivity index (χ0v) is 12.6. The molecule has 0 spiro atoms. The van der Waals surface area contributed by atoms with E-state index in [-0.39, 0.29) is 6.04 Å². The van der Waals surface area contributed by atoms with Gasteiger partial charge in [0.05, 0.1) is 4.90 Å². The summed E-state index contributed by atoms with van der Waals surface area (Å²) in [5.41, 5.74) is 0.748. The van der Waals surface area contributed by atoms with Gasteiger partial charge in [-0.3, -0.25) is 0 Å². The second kappa shape index (κ2) is 5.69. The summed E-state index contributed by atoms with van der Waals surface area (Å²) in [6.45, 7) is 3.03. The number of sulfonamides is 1. The molecule has 6 heteroatoms. The number of halogens is 1. The molecule has 2 rings (SSSR count). The van der Waals surface area contributed by atoms with Crippen LogP contribution in [0.25, 0.3) is 0 Å². The first-order valence-electron chi connectivity index (χ1n) is 5.85. The lowest BCUT2D eigenvalue weighted by Crippen LogP contribution is -2.39. The fourth-order valence-electron chi connectivity index (χ4n) is 1.96. The molecule has 0 bridgehead atoms. The van der Waals surface area contributed by atoms with Crippen molar-refractivity contribution in [2.75, 3.05) is 13.2 Å². The molecule has 1 aromatic carbocycles. The van der Waals surface area contributed by atoms with Gasteiger partial charge in [0.15, 0.2) is 0 Å². The average molecular weight is 334 g/mol. The van der Waals surface area contributed by atoms with E-state index in [2.05, 4.69) is 20.7 Å². The molecule has 0 atom stereocenters. The highest BCUT2D eigenvalue weighted by molar-refractivity contribution is 9.10. The number of nitrogens with one attached hydrogen (secondary N) is 1. The summed E-state index contributed by atoms with van der Waals surface area (Å²) in [7, 11) is -3.45. The van der Waals surface area contributed by atoms with Gasteiger partial charge in [-0.2, -0.15) is 0 Å². The van der Waals surface area contributed by atoms with Crippen molar-refractivity contribution >= 4 is 26.0 Å². The van der Waals surface area contributed by atoms with Crippen molar-refractivity contribution in [3.8, 4) is 0 Å². The Morgan fingerprint density at radius 1 is 1.33 bits per heavy atom. The van der Waals surface area contributed by atoms with Crippen molar-refractivity contribution in [2.45, 2.75) is 30.7 Å². The lowest BCUT2D eigenvalue weighted by Gasteiger charge is -2.23. The average Bonchev–Trinajstić information content (AvgIpc) is 2.33. The van der Waals surface area contributed by atoms with Crippen molar-refractivity contribution < 1.29 is 13.2 Å². The number of aryl methyl sites for hydroxylation is 1. The maximum absolute atomic E-state index is 12.3. The summed E-state index contributed by atoms with van der Waals surface area (Å²) in [5, 5.41) is 0. The first-order chi connectivity index (χ1) is 8.49. The Hall–Kier alpha value is -0.430. The largest absolute Gasteiger partial charge is 0.381 e. The third-order valence-electron chi connectivity index (χ3n) is 2.98. The first-order valence-corrected chi connectivity index (χ1v) is 8.13. The summed E-state index contributed by atoms with van der Waals surface area (Å²) in [4.78, 5) is 0.336. The zero-order valence-electron chi connectivity index (χ0n) is 10.1. The number of benzene rings is 1. The van der Waals surface area contributed by atoms with Gasteiger partial charge in [0.2, 0.25) is 10.0 Å². The van der Waals surface area contributed by atoms with Crippen LogP contribution >= 0.6 is 15.9 Å². The van der Waals surface area contributed by atoms with Crippen LogP contribution in [0, 0.1) is 6.92 Å². The van der Waals surface area contributed by atoms with Gasteiger partial charge in [-0.1, -0.05) is 22.0 Å². The highest BCUT2D eigenvalue weighted by Gasteiger charge is 2.23. The Morgan fingerprint density at radius 3 is 2.67 bits per heavy atom. The van der Waals surface area contributed by atoms with Crippen LogP contribution in [0.1, 0.15) is 18.4 Å². The molecule has 0 radical (unpaired) electrons. The van der Waals surface area contributed by atoms with Crippen LogP contribution in [0.15, 0.2) is 27.6 Å². The van der Waals surface area contributed by atoms with Gasteiger partial charge in [0, 0.05) is 23.7 Å². The van der Waals surface area contributed by atoms with E-state index in [1.165, 1.54) is 0 Å². The van der Waals surface area contributed by atoms with Crippen LogP contribution in [0.2, 0.25) is 0 Å². The minimum absolute atomic E-state index is 0.0258. The molecule has 4 nitrogen and oxygen atoms in total. The number of ether oxygens (including phenoxy) is 1. The standard InChI is InChI=1S/C12H16BrNO3S/c1-9-2-3-10(13)8-12(9)18(15,16)14-11-4-6-17-7-5-11/h2-3,8,11,14H,4-7H2,1H3. The molecule has 1 aromatic rings. The third kappa shape index (κ3) is 3.32. The highest BCUT2D eigenvalue weighted by atomic mass is 79.9. The van der Waals surface area contributed by atoms with Crippen molar-refractivity contribution in [3.63, 3.8) is 0 Å². The number of rotatable bonds is 3. The SMILES string of the molecule is Cc1ccc(Br)cc1S(=O)(=O)NC1CCOCC1. The molecule has 18 heavy (non-hydrogen) atoms. The molecule has 1 saturated heterocycles. The molecule has 1 fully saturated rings.